The van der Waals surface area contributed by atoms with Gasteiger partial charge in [0, 0.05) is 18.7 Å². The Morgan fingerprint density at radius 1 is 1.27 bits per heavy atom. The summed E-state index contributed by atoms with van der Waals surface area (Å²) in [5, 5.41) is 3.90. The topological polar surface area (TPSA) is 81.7 Å². The molecule has 0 spiro atoms. The molecule has 3 N–H and O–H groups in total. The second-order valence-electron chi connectivity index (χ2n) is 6.12. The Morgan fingerprint density at radius 2 is 2.08 bits per heavy atom. The highest BCUT2D eigenvalue weighted by molar-refractivity contribution is 7.99. The maximum absolute atomic E-state index is 14.0. The van der Waals surface area contributed by atoms with Crippen molar-refractivity contribution in [3.63, 3.8) is 0 Å². The van der Waals surface area contributed by atoms with Gasteiger partial charge in [0.25, 0.3) is 0 Å². The number of nitrogens with zero attached hydrogens (tertiary/aromatic N) is 4. The van der Waals surface area contributed by atoms with Gasteiger partial charge in [-0.05, 0) is 36.9 Å². The summed E-state index contributed by atoms with van der Waals surface area (Å²) in [4.78, 5) is 13.0. The fraction of sp³-hybridized carbons (Fsp3) is 0.353. The number of nitrogens with two attached hydrogens (primary N) is 1. The van der Waals surface area contributed by atoms with Gasteiger partial charge in [0.15, 0.2) is 22.1 Å². The van der Waals surface area contributed by atoms with Crippen LogP contribution in [-0.2, 0) is 6.54 Å². The van der Waals surface area contributed by atoms with Gasteiger partial charge in [-0.1, -0.05) is 13.8 Å². The van der Waals surface area contributed by atoms with E-state index >= 15 is 0 Å². The van der Waals surface area contributed by atoms with Crippen molar-refractivity contribution in [2.45, 2.75) is 42.9 Å². The molecular formula is C17H20F2N6S. The van der Waals surface area contributed by atoms with Gasteiger partial charge in [-0.15, -0.1) is 0 Å². The van der Waals surface area contributed by atoms with Gasteiger partial charge in [0.05, 0.1) is 4.90 Å². The fourth-order valence-corrected chi connectivity index (χ4v) is 3.41. The second kappa shape index (κ2) is 7.96. The lowest BCUT2D eigenvalue weighted by Gasteiger charge is -2.11. The molecule has 0 saturated carbocycles. The molecule has 1 aromatic carbocycles. The van der Waals surface area contributed by atoms with E-state index in [1.54, 1.807) is 0 Å². The van der Waals surface area contributed by atoms with E-state index < -0.39 is 11.6 Å². The molecule has 0 bridgehead atoms. The highest BCUT2D eigenvalue weighted by Gasteiger charge is 2.17. The highest BCUT2D eigenvalue weighted by atomic mass is 32.2. The third kappa shape index (κ3) is 4.10. The molecule has 3 aromatic rings. The molecule has 9 heteroatoms. The molecule has 0 unspecified atom stereocenters. The van der Waals surface area contributed by atoms with Crippen molar-refractivity contribution in [2.24, 2.45) is 0 Å². The lowest BCUT2D eigenvalue weighted by atomic mass is 10.3. The Morgan fingerprint density at radius 3 is 2.81 bits per heavy atom. The van der Waals surface area contributed by atoms with Crippen LogP contribution < -0.4 is 11.1 Å². The molecule has 26 heavy (non-hydrogen) atoms. The Kier molecular flexibility index (Phi) is 5.67. The van der Waals surface area contributed by atoms with E-state index in [1.165, 1.54) is 18.5 Å². The number of rotatable bonds is 7. The van der Waals surface area contributed by atoms with Gasteiger partial charge >= 0.3 is 0 Å². The number of aromatic nitrogens is 4. The number of aryl methyl sites for hydroxylation is 1. The molecule has 0 radical (unpaired) electrons. The van der Waals surface area contributed by atoms with Crippen LogP contribution in [0.5, 0.6) is 0 Å². The van der Waals surface area contributed by atoms with Crippen molar-refractivity contribution in [3.8, 4) is 0 Å². The Bertz CT molecular complexity index is 912. The Hall–Kier alpha value is -2.26. The SMILES string of the molecule is CC(C)NCCCn1c(Sc2ccc(F)cc2F)nc2c(N)ncnc21. The summed E-state index contributed by atoms with van der Waals surface area (Å²) in [5.74, 6) is -0.972. The van der Waals surface area contributed by atoms with Gasteiger partial charge in [-0.25, -0.2) is 23.7 Å². The molecule has 0 aliphatic heterocycles. The van der Waals surface area contributed by atoms with E-state index in [0.29, 0.717) is 28.9 Å². The van der Waals surface area contributed by atoms with Crippen LogP contribution in [0.2, 0.25) is 0 Å². The number of nitrogens with one attached hydrogen (secondary N) is 1. The number of hydrogen-bond acceptors (Lipinski definition) is 6. The first-order valence-corrected chi connectivity index (χ1v) is 9.10. The van der Waals surface area contributed by atoms with Gasteiger partial charge in [0.2, 0.25) is 0 Å². The van der Waals surface area contributed by atoms with Crippen molar-refractivity contribution in [3.05, 3.63) is 36.2 Å². The van der Waals surface area contributed by atoms with E-state index in [-0.39, 0.29) is 10.7 Å². The smallest absolute Gasteiger partial charge is 0.175 e. The summed E-state index contributed by atoms with van der Waals surface area (Å²) in [5.41, 5.74) is 6.99. The largest absolute Gasteiger partial charge is 0.382 e. The first-order valence-electron chi connectivity index (χ1n) is 8.28. The number of benzene rings is 1. The number of halogens is 2. The van der Waals surface area contributed by atoms with Crippen molar-refractivity contribution < 1.29 is 8.78 Å². The predicted molar refractivity (Wildman–Crippen MR) is 98.0 cm³/mol. The predicted octanol–water partition coefficient (Wildman–Crippen LogP) is 3.23. The van der Waals surface area contributed by atoms with Crippen LogP contribution in [-0.4, -0.2) is 32.1 Å². The molecule has 0 atom stereocenters. The van der Waals surface area contributed by atoms with Crippen molar-refractivity contribution in [1.29, 1.82) is 0 Å². The van der Waals surface area contributed by atoms with E-state index in [0.717, 1.165) is 30.8 Å². The normalized spacial score (nSPS) is 11.6. The summed E-state index contributed by atoms with van der Waals surface area (Å²) >= 11 is 1.11. The van der Waals surface area contributed by atoms with Crippen molar-refractivity contribution in [2.75, 3.05) is 12.3 Å². The number of hydrogen-bond donors (Lipinski definition) is 2. The van der Waals surface area contributed by atoms with E-state index in [1.807, 2.05) is 4.57 Å². The van der Waals surface area contributed by atoms with E-state index in [9.17, 15) is 8.78 Å². The first-order chi connectivity index (χ1) is 12.5. The van der Waals surface area contributed by atoms with Crippen LogP contribution in [0.1, 0.15) is 20.3 Å². The van der Waals surface area contributed by atoms with Gasteiger partial charge in [-0.3, -0.25) is 0 Å². The molecule has 0 aliphatic rings. The van der Waals surface area contributed by atoms with Gasteiger partial charge < -0.3 is 15.6 Å². The summed E-state index contributed by atoms with van der Waals surface area (Å²) in [6.45, 7) is 5.63. The lowest BCUT2D eigenvalue weighted by Crippen LogP contribution is -2.24. The van der Waals surface area contributed by atoms with Crippen LogP contribution in [0.3, 0.4) is 0 Å². The molecule has 3 rings (SSSR count). The summed E-state index contributed by atoms with van der Waals surface area (Å²) in [6.07, 6.45) is 2.22. The molecule has 2 heterocycles. The molecule has 6 nitrogen and oxygen atoms in total. The third-order valence-electron chi connectivity index (χ3n) is 3.73. The minimum absolute atomic E-state index is 0.274. The first kappa shape index (κ1) is 18.5. The lowest BCUT2D eigenvalue weighted by molar-refractivity contribution is 0.524. The Balaban J connectivity index is 1.92. The van der Waals surface area contributed by atoms with Crippen LogP contribution in [0.25, 0.3) is 11.2 Å². The maximum Gasteiger partial charge on any atom is 0.175 e. The molecule has 0 saturated heterocycles. The average Bonchev–Trinajstić information content (AvgIpc) is 2.93. The van der Waals surface area contributed by atoms with Crippen LogP contribution in [0.4, 0.5) is 14.6 Å². The zero-order valence-corrected chi connectivity index (χ0v) is 15.4. The van der Waals surface area contributed by atoms with Crippen LogP contribution >= 0.6 is 11.8 Å². The van der Waals surface area contributed by atoms with Gasteiger partial charge in [-0.2, -0.15) is 0 Å². The fourth-order valence-electron chi connectivity index (χ4n) is 2.50. The zero-order chi connectivity index (χ0) is 18.7. The summed E-state index contributed by atoms with van der Waals surface area (Å²) < 4.78 is 29.1. The molecular weight excluding hydrogens is 358 g/mol. The zero-order valence-electron chi connectivity index (χ0n) is 14.5. The minimum atomic E-state index is -0.630. The molecule has 138 valence electrons. The maximum atomic E-state index is 14.0. The molecule has 2 aromatic heterocycles. The van der Waals surface area contributed by atoms with Crippen molar-refractivity contribution >= 4 is 28.7 Å². The van der Waals surface area contributed by atoms with Crippen molar-refractivity contribution in [1.82, 2.24) is 24.8 Å². The third-order valence-corrected chi connectivity index (χ3v) is 4.78. The van der Waals surface area contributed by atoms with Crippen LogP contribution in [0, 0.1) is 11.6 Å². The number of imidazole rings is 1. The number of anilines is 1. The average molecular weight is 378 g/mol. The number of fused-ring (bicyclic) bond motifs is 1. The Labute approximate surface area is 154 Å². The quantitative estimate of drug-likeness (QED) is 0.615. The summed E-state index contributed by atoms with van der Waals surface area (Å²) in [6, 6.07) is 3.87. The van der Waals surface area contributed by atoms with Crippen LogP contribution in [0.15, 0.2) is 34.6 Å². The number of nitrogen functional groups attached to an aromatic ring is 1. The minimum Gasteiger partial charge on any atom is -0.382 e. The molecule has 0 amide bonds. The van der Waals surface area contributed by atoms with E-state index in [4.69, 9.17) is 5.73 Å². The van der Waals surface area contributed by atoms with E-state index in [2.05, 4.69) is 34.1 Å². The standard InChI is InChI=1S/C17H20F2N6S/c1-10(2)21-6-3-7-25-16-14(15(20)22-9-23-16)24-17(25)26-13-5-4-11(18)8-12(13)19/h4-5,8-10,21H,3,6-7H2,1-2H3,(H2,20,22,23). The monoisotopic (exact) mass is 378 g/mol. The summed E-state index contributed by atoms with van der Waals surface area (Å²) in [7, 11) is 0. The highest BCUT2D eigenvalue weighted by Crippen LogP contribution is 2.32. The van der Waals surface area contributed by atoms with Gasteiger partial charge in [0.1, 0.15) is 18.0 Å². The molecule has 0 aliphatic carbocycles. The molecule has 0 fully saturated rings. The second-order valence-corrected chi connectivity index (χ2v) is 7.13.